The number of nitrogens with zero attached hydrogens (tertiary/aromatic N) is 4. The molecule has 2 aromatic heterocycles. The summed E-state index contributed by atoms with van der Waals surface area (Å²) in [6.07, 6.45) is 19.8. The number of aryl methyl sites for hydroxylation is 2. The minimum Gasteiger partial charge on any atom is -0.332 e. The van der Waals surface area contributed by atoms with Crippen molar-refractivity contribution >= 4 is 17.9 Å². The summed E-state index contributed by atoms with van der Waals surface area (Å²) in [6.45, 7) is 6.08. The molecule has 0 saturated carbocycles. The molecule has 0 fully saturated rings. The smallest absolute Gasteiger partial charge is 0.178 e. The molecule has 2 rings (SSSR count). The molecule has 0 N–H and O–H groups in total. The number of carbonyl (C=O) groups is 1. The summed E-state index contributed by atoms with van der Waals surface area (Å²) in [5.74, 6) is 1.63. The standard InChI is InChI=1S/C19H24N4O/c1-3-13-22-15-11-20-18(22)8-6-5-7-17(24)9-10-19-21-12-16-23(19)14-4-2/h5-12,15-16H,3-4,13-14H2,1-2H3/b7-5+,8-6+,10-9+. The maximum atomic E-state index is 11.9. The monoisotopic (exact) mass is 324 g/mol. The quantitative estimate of drug-likeness (QED) is 0.521. The Morgan fingerprint density at radius 1 is 0.917 bits per heavy atom. The highest BCUT2D eigenvalue weighted by Crippen LogP contribution is 2.03. The molecule has 0 aliphatic rings. The lowest BCUT2D eigenvalue weighted by molar-refractivity contribution is -0.110. The fourth-order valence-electron chi connectivity index (χ4n) is 2.32. The molecular weight excluding hydrogens is 300 g/mol. The van der Waals surface area contributed by atoms with Crippen molar-refractivity contribution < 1.29 is 4.79 Å². The van der Waals surface area contributed by atoms with Crippen molar-refractivity contribution in [3.63, 3.8) is 0 Å². The molecule has 0 aromatic carbocycles. The third-order valence-corrected chi connectivity index (χ3v) is 3.44. The number of ketones is 1. The average Bonchev–Trinajstić information content (AvgIpc) is 3.20. The topological polar surface area (TPSA) is 52.7 Å². The van der Waals surface area contributed by atoms with E-state index in [1.54, 1.807) is 24.5 Å². The van der Waals surface area contributed by atoms with E-state index in [0.717, 1.165) is 37.6 Å². The van der Waals surface area contributed by atoms with Crippen LogP contribution in [-0.2, 0) is 17.9 Å². The minimum absolute atomic E-state index is 0.0670. The molecule has 0 spiro atoms. The highest BCUT2D eigenvalue weighted by Gasteiger charge is 1.98. The van der Waals surface area contributed by atoms with Gasteiger partial charge >= 0.3 is 0 Å². The fraction of sp³-hybridized carbons (Fsp3) is 0.316. The van der Waals surface area contributed by atoms with Crippen molar-refractivity contribution in [2.45, 2.75) is 39.8 Å². The average molecular weight is 324 g/mol. The summed E-state index contributed by atoms with van der Waals surface area (Å²) in [5, 5.41) is 0. The van der Waals surface area contributed by atoms with Crippen LogP contribution in [-0.4, -0.2) is 24.9 Å². The van der Waals surface area contributed by atoms with Gasteiger partial charge in [0.1, 0.15) is 11.6 Å². The number of hydrogen-bond donors (Lipinski definition) is 0. The molecule has 0 unspecified atom stereocenters. The van der Waals surface area contributed by atoms with Crippen molar-refractivity contribution in [2.24, 2.45) is 0 Å². The number of imidazole rings is 2. The molecule has 0 radical (unpaired) electrons. The van der Waals surface area contributed by atoms with E-state index in [9.17, 15) is 4.79 Å². The summed E-state index contributed by atoms with van der Waals surface area (Å²) in [5.41, 5.74) is 0. The van der Waals surface area contributed by atoms with Crippen LogP contribution >= 0.6 is 0 Å². The Hall–Kier alpha value is -2.69. The number of hydrogen-bond acceptors (Lipinski definition) is 3. The number of carbonyl (C=O) groups excluding carboxylic acids is 1. The summed E-state index contributed by atoms with van der Waals surface area (Å²) in [6, 6.07) is 0. The molecular formula is C19H24N4O. The molecule has 0 atom stereocenters. The molecule has 5 heteroatoms. The van der Waals surface area contributed by atoms with Crippen molar-refractivity contribution in [1.29, 1.82) is 0 Å². The molecule has 0 aliphatic carbocycles. The Bertz CT molecular complexity index is 734. The summed E-state index contributed by atoms with van der Waals surface area (Å²) in [7, 11) is 0. The fourth-order valence-corrected chi connectivity index (χ4v) is 2.32. The second-order valence-electron chi connectivity index (χ2n) is 5.41. The van der Waals surface area contributed by atoms with Crippen LogP contribution in [0.25, 0.3) is 12.2 Å². The van der Waals surface area contributed by atoms with Gasteiger partial charge in [-0.1, -0.05) is 26.0 Å². The van der Waals surface area contributed by atoms with Crippen LogP contribution in [0.5, 0.6) is 0 Å². The van der Waals surface area contributed by atoms with Gasteiger partial charge in [-0.25, -0.2) is 9.97 Å². The van der Waals surface area contributed by atoms with Crippen LogP contribution in [0.3, 0.4) is 0 Å². The highest BCUT2D eigenvalue weighted by molar-refractivity contribution is 6.01. The van der Waals surface area contributed by atoms with E-state index >= 15 is 0 Å². The largest absolute Gasteiger partial charge is 0.332 e. The van der Waals surface area contributed by atoms with Crippen molar-refractivity contribution in [1.82, 2.24) is 19.1 Å². The summed E-state index contributed by atoms with van der Waals surface area (Å²) >= 11 is 0. The first-order chi connectivity index (χ1) is 11.7. The molecule has 5 nitrogen and oxygen atoms in total. The first kappa shape index (κ1) is 17.7. The van der Waals surface area contributed by atoms with E-state index in [4.69, 9.17) is 0 Å². The van der Waals surface area contributed by atoms with Crippen molar-refractivity contribution in [2.75, 3.05) is 0 Å². The Morgan fingerprint density at radius 3 is 2.08 bits per heavy atom. The molecule has 2 aromatic rings. The lowest BCUT2D eigenvalue weighted by Crippen LogP contribution is -1.98. The van der Waals surface area contributed by atoms with Crippen molar-refractivity contribution in [3.8, 4) is 0 Å². The van der Waals surface area contributed by atoms with E-state index < -0.39 is 0 Å². The van der Waals surface area contributed by atoms with Gasteiger partial charge in [-0.05, 0) is 37.1 Å². The summed E-state index contributed by atoms with van der Waals surface area (Å²) in [4.78, 5) is 20.4. The van der Waals surface area contributed by atoms with Gasteiger partial charge in [0.05, 0.1) is 0 Å². The predicted octanol–water partition coefficient (Wildman–Crippen LogP) is 3.75. The van der Waals surface area contributed by atoms with Gasteiger partial charge in [-0.15, -0.1) is 0 Å². The van der Waals surface area contributed by atoms with Gasteiger partial charge in [0.2, 0.25) is 0 Å². The zero-order valence-electron chi connectivity index (χ0n) is 14.3. The van der Waals surface area contributed by atoms with E-state index in [0.29, 0.717) is 0 Å². The maximum absolute atomic E-state index is 11.9. The normalized spacial score (nSPS) is 12.1. The zero-order chi connectivity index (χ0) is 17.2. The number of rotatable bonds is 9. The third kappa shape index (κ3) is 5.19. The molecule has 0 aliphatic heterocycles. The first-order valence-electron chi connectivity index (χ1n) is 8.33. The third-order valence-electron chi connectivity index (χ3n) is 3.44. The zero-order valence-corrected chi connectivity index (χ0v) is 14.3. The molecule has 2 heterocycles. The van der Waals surface area contributed by atoms with Crippen LogP contribution in [0.4, 0.5) is 0 Å². The van der Waals surface area contributed by atoms with Crippen LogP contribution in [0.1, 0.15) is 38.3 Å². The second kappa shape index (κ2) is 9.45. The Morgan fingerprint density at radius 2 is 1.50 bits per heavy atom. The number of allylic oxidation sites excluding steroid dienone is 4. The van der Waals surface area contributed by atoms with Gasteiger partial charge in [0.25, 0.3) is 0 Å². The van der Waals surface area contributed by atoms with Crippen LogP contribution in [0, 0.1) is 0 Å². The lowest BCUT2D eigenvalue weighted by atomic mass is 10.3. The Kier molecular flexibility index (Phi) is 6.95. The molecule has 0 saturated heterocycles. The Labute approximate surface area is 143 Å². The second-order valence-corrected chi connectivity index (χ2v) is 5.41. The predicted molar refractivity (Wildman–Crippen MR) is 97.3 cm³/mol. The van der Waals surface area contributed by atoms with Crippen molar-refractivity contribution in [3.05, 3.63) is 60.7 Å². The molecule has 24 heavy (non-hydrogen) atoms. The van der Waals surface area contributed by atoms with E-state index in [1.807, 2.05) is 29.1 Å². The highest BCUT2D eigenvalue weighted by atomic mass is 16.1. The van der Waals surface area contributed by atoms with Crippen LogP contribution < -0.4 is 0 Å². The lowest BCUT2D eigenvalue weighted by Gasteiger charge is -2.01. The SMILES string of the molecule is CCCn1ccnc1/C=C/C=C/C(=O)/C=C/c1nccn1CCC. The summed E-state index contributed by atoms with van der Waals surface area (Å²) < 4.78 is 4.11. The van der Waals surface area contributed by atoms with Gasteiger partial charge < -0.3 is 9.13 Å². The van der Waals surface area contributed by atoms with Gasteiger partial charge in [-0.3, -0.25) is 4.79 Å². The molecule has 0 amide bonds. The van der Waals surface area contributed by atoms with Gasteiger partial charge in [0.15, 0.2) is 5.78 Å². The van der Waals surface area contributed by atoms with E-state index in [-0.39, 0.29) is 5.78 Å². The van der Waals surface area contributed by atoms with E-state index in [1.165, 1.54) is 12.2 Å². The van der Waals surface area contributed by atoms with E-state index in [2.05, 4.69) is 28.4 Å². The maximum Gasteiger partial charge on any atom is 0.178 e. The Balaban J connectivity index is 1.90. The van der Waals surface area contributed by atoms with Crippen LogP contribution in [0.15, 0.2) is 49.1 Å². The number of aromatic nitrogens is 4. The molecule has 0 bridgehead atoms. The van der Waals surface area contributed by atoms with Gasteiger partial charge in [0, 0.05) is 37.9 Å². The minimum atomic E-state index is -0.0670. The van der Waals surface area contributed by atoms with Gasteiger partial charge in [-0.2, -0.15) is 0 Å². The molecule has 126 valence electrons. The first-order valence-corrected chi connectivity index (χ1v) is 8.33. The van der Waals surface area contributed by atoms with Crippen LogP contribution in [0.2, 0.25) is 0 Å².